The SMILES string of the molecule is CC1C2C3C4C(CC24c2ccc(B4OC(C)(C)C(C)(C)O4)cc2)C13c1ccc(-c2ccc(-c3ccc(C45CCC(CC4)CC5)cc3)cc2)cc1. The van der Waals surface area contributed by atoms with E-state index in [1.807, 2.05) is 0 Å². The van der Waals surface area contributed by atoms with Crippen LogP contribution < -0.4 is 5.46 Å². The van der Waals surface area contributed by atoms with Gasteiger partial charge in [-0.15, -0.1) is 0 Å². The Labute approximate surface area is 299 Å². The lowest BCUT2D eigenvalue weighted by Crippen LogP contribution is -2.97. The summed E-state index contributed by atoms with van der Waals surface area (Å²) in [6, 6.07) is 38.1. The lowest BCUT2D eigenvalue weighted by atomic mass is 9.06. The second-order valence-corrected chi connectivity index (χ2v) is 18.9. The average Bonchev–Trinajstić information content (AvgIpc) is 3.37. The summed E-state index contributed by atoms with van der Waals surface area (Å²) in [5, 5.41) is 0. The molecule has 0 spiro atoms. The van der Waals surface area contributed by atoms with Gasteiger partial charge in [0.05, 0.1) is 11.2 Å². The molecule has 0 aromatic heterocycles. The minimum absolute atomic E-state index is 0.285. The van der Waals surface area contributed by atoms with E-state index < -0.39 is 0 Å². The van der Waals surface area contributed by atoms with Crippen molar-refractivity contribution in [2.24, 2.45) is 35.5 Å². The van der Waals surface area contributed by atoms with Crippen molar-refractivity contribution in [3.05, 3.63) is 114 Å². The molecule has 7 saturated carbocycles. The Morgan fingerprint density at radius 3 is 1.46 bits per heavy atom. The Morgan fingerprint density at radius 2 is 1.00 bits per heavy atom. The van der Waals surface area contributed by atoms with Gasteiger partial charge in [0.1, 0.15) is 0 Å². The molecular weight excluding hydrogens is 607 g/mol. The van der Waals surface area contributed by atoms with E-state index >= 15 is 0 Å². The van der Waals surface area contributed by atoms with Crippen LogP contribution in [-0.2, 0) is 25.6 Å². The molecule has 50 heavy (non-hydrogen) atoms. The van der Waals surface area contributed by atoms with Gasteiger partial charge in [-0.2, -0.15) is 0 Å². The first-order chi connectivity index (χ1) is 24.1. The van der Waals surface area contributed by atoms with Crippen molar-refractivity contribution in [2.45, 2.75) is 107 Å². The Hall–Kier alpha value is -3.14. The van der Waals surface area contributed by atoms with Gasteiger partial charge in [0.15, 0.2) is 0 Å². The smallest absolute Gasteiger partial charge is 0.399 e. The second kappa shape index (κ2) is 9.84. The van der Waals surface area contributed by atoms with Gasteiger partial charge in [0.25, 0.3) is 0 Å². The number of hydrogen-bond acceptors (Lipinski definition) is 2. The van der Waals surface area contributed by atoms with Crippen LogP contribution in [-0.4, -0.2) is 18.3 Å². The summed E-state index contributed by atoms with van der Waals surface area (Å²) in [5.74, 6) is 5.13. The van der Waals surface area contributed by atoms with Gasteiger partial charge < -0.3 is 9.31 Å². The first-order valence-corrected chi connectivity index (χ1v) is 19.9. The largest absolute Gasteiger partial charge is 0.494 e. The zero-order valence-electron chi connectivity index (χ0n) is 30.5. The molecule has 2 bridgehead atoms. The first kappa shape index (κ1) is 30.5. The fraction of sp³-hybridized carbons (Fsp3) is 0.489. The van der Waals surface area contributed by atoms with Crippen molar-refractivity contribution >= 4 is 12.6 Å². The Kier molecular flexibility index (Phi) is 6.00. The quantitative estimate of drug-likeness (QED) is 0.192. The van der Waals surface area contributed by atoms with Gasteiger partial charge in [-0.3, -0.25) is 0 Å². The monoisotopic (exact) mass is 658 g/mol. The van der Waals surface area contributed by atoms with Crippen molar-refractivity contribution in [3.8, 4) is 22.3 Å². The Morgan fingerprint density at radius 1 is 0.540 bits per heavy atom. The maximum atomic E-state index is 6.35. The summed E-state index contributed by atoms with van der Waals surface area (Å²) in [5.41, 5.74) is 11.8. The maximum absolute atomic E-state index is 6.35. The van der Waals surface area contributed by atoms with Gasteiger partial charge in [0.2, 0.25) is 0 Å². The highest BCUT2D eigenvalue weighted by Crippen LogP contribution is 2.96. The minimum Gasteiger partial charge on any atom is -0.399 e. The summed E-state index contributed by atoms with van der Waals surface area (Å²) >= 11 is 0. The summed E-state index contributed by atoms with van der Waals surface area (Å²) in [4.78, 5) is 0. The standard InChI is InChI=1S/C47H51BO2/c1-29-40-42-41-39(28-46(40,41)36-18-20-38(21-19-36)48-49-43(2,3)44(4,5)50-48)47(29,42)37-16-12-34(13-17-37)32-8-6-31(7-9-32)33-10-14-35(15-11-33)45-25-22-30(23-26-45)24-27-45/h6-21,29-30,39-42H,22-28H2,1-5H3. The molecule has 1 heterocycles. The van der Waals surface area contributed by atoms with E-state index in [1.54, 1.807) is 16.7 Å². The molecule has 4 aromatic rings. The van der Waals surface area contributed by atoms with Gasteiger partial charge in [-0.25, -0.2) is 0 Å². The molecule has 0 N–H and O–H groups in total. The highest BCUT2D eigenvalue weighted by molar-refractivity contribution is 6.62. The molecule has 1 saturated heterocycles. The van der Waals surface area contributed by atoms with E-state index in [1.165, 1.54) is 67.2 Å². The van der Waals surface area contributed by atoms with Crippen LogP contribution >= 0.6 is 0 Å². The van der Waals surface area contributed by atoms with Crippen LogP contribution in [0.25, 0.3) is 22.3 Å². The van der Waals surface area contributed by atoms with E-state index in [0.29, 0.717) is 16.2 Å². The lowest BCUT2D eigenvalue weighted by Gasteiger charge is -2.97. The summed E-state index contributed by atoms with van der Waals surface area (Å²) in [6.45, 7) is 11.1. The zero-order chi connectivity index (χ0) is 33.8. The van der Waals surface area contributed by atoms with Crippen molar-refractivity contribution in [3.63, 3.8) is 0 Å². The Bertz CT molecular complexity index is 1940. The van der Waals surface area contributed by atoms with Crippen LogP contribution in [0.3, 0.4) is 0 Å². The molecule has 3 heteroatoms. The third-order valence-electron chi connectivity index (χ3n) is 16.9. The van der Waals surface area contributed by atoms with Crippen molar-refractivity contribution in [1.82, 2.24) is 0 Å². The molecule has 8 aliphatic rings. The molecule has 254 valence electrons. The Balaban J connectivity index is 0.777. The number of fused-ring (bicyclic) bond motifs is 5. The summed E-state index contributed by atoms with van der Waals surface area (Å²) < 4.78 is 12.7. The van der Waals surface area contributed by atoms with Gasteiger partial charge in [-0.1, -0.05) is 104 Å². The second-order valence-electron chi connectivity index (χ2n) is 18.9. The molecule has 4 aromatic carbocycles. The minimum atomic E-state index is -0.308. The van der Waals surface area contributed by atoms with Crippen LogP contribution in [0.15, 0.2) is 97.1 Å². The third-order valence-corrected chi connectivity index (χ3v) is 16.9. The summed E-state index contributed by atoms with van der Waals surface area (Å²) in [7, 11) is -0.285. The predicted molar refractivity (Wildman–Crippen MR) is 203 cm³/mol. The molecule has 7 aliphatic carbocycles. The van der Waals surface area contributed by atoms with E-state index in [-0.39, 0.29) is 18.3 Å². The topological polar surface area (TPSA) is 18.5 Å². The zero-order valence-corrected chi connectivity index (χ0v) is 30.5. The maximum Gasteiger partial charge on any atom is 0.494 e. The fourth-order valence-electron chi connectivity index (χ4n) is 13.6. The van der Waals surface area contributed by atoms with E-state index in [2.05, 4.69) is 132 Å². The number of rotatable bonds is 6. The lowest BCUT2D eigenvalue weighted by molar-refractivity contribution is -0.438. The van der Waals surface area contributed by atoms with Crippen LogP contribution in [0.5, 0.6) is 0 Å². The molecule has 1 aliphatic heterocycles. The molecular formula is C47H51BO2. The molecule has 12 rings (SSSR count). The first-order valence-electron chi connectivity index (χ1n) is 19.9. The molecule has 0 amide bonds. The van der Waals surface area contributed by atoms with Crippen molar-refractivity contribution < 1.29 is 9.31 Å². The van der Waals surface area contributed by atoms with E-state index in [9.17, 15) is 0 Å². The summed E-state index contributed by atoms with van der Waals surface area (Å²) in [6.07, 6.45) is 9.86. The van der Waals surface area contributed by atoms with Crippen molar-refractivity contribution in [2.75, 3.05) is 0 Å². The highest BCUT2D eigenvalue weighted by Gasteiger charge is 2.95. The van der Waals surface area contributed by atoms with Crippen LogP contribution in [0, 0.1) is 35.5 Å². The fourth-order valence-corrected chi connectivity index (χ4v) is 13.6. The molecule has 2 nitrogen and oxygen atoms in total. The number of hydrogen-bond donors (Lipinski definition) is 0. The normalized spacial score (nSPS) is 39.1. The molecule has 0 radical (unpaired) electrons. The third kappa shape index (κ3) is 3.60. The highest BCUT2D eigenvalue weighted by atomic mass is 16.7. The molecule has 7 unspecified atom stereocenters. The average molecular weight is 659 g/mol. The van der Waals surface area contributed by atoms with E-state index in [0.717, 1.165) is 41.0 Å². The number of benzene rings is 4. The van der Waals surface area contributed by atoms with Gasteiger partial charge in [0, 0.05) is 10.8 Å². The van der Waals surface area contributed by atoms with Crippen LogP contribution in [0.2, 0.25) is 0 Å². The molecule has 7 atom stereocenters. The predicted octanol–water partition coefficient (Wildman–Crippen LogP) is 10.3. The van der Waals surface area contributed by atoms with E-state index in [4.69, 9.17) is 9.31 Å². The van der Waals surface area contributed by atoms with Crippen LogP contribution in [0.1, 0.15) is 96.3 Å². The van der Waals surface area contributed by atoms with Gasteiger partial charge in [-0.05, 0) is 158 Å². The molecule has 8 fully saturated rings. The van der Waals surface area contributed by atoms with Gasteiger partial charge >= 0.3 is 7.12 Å². The van der Waals surface area contributed by atoms with Crippen LogP contribution in [0.4, 0.5) is 0 Å². The van der Waals surface area contributed by atoms with Crippen molar-refractivity contribution in [1.29, 1.82) is 0 Å².